The average Bonchev–Trinajstić information content (AvgIpc) is 3.42. The standard InChI is InChI=1S/C23H19ClN4O3S/c24-19-9-8-17(23(29)25-14-18-15-27-11-4-3-7-22(27)26-18)13-21(19)32(30,31)28-12-10-16-5-1-2-6-20(16)28/h1-9,11,13,15H,10,12,14H2,(H,25,29). The van der Waals surface area contributed by atoms with Crippen LogP contribution in [0.3, 0.4) is 0 Å². The quantitative estimate of drug-likeness (QED) is 0.486. The van der Waals surface area contributed by atoms with Crippen LogP contribution in [0.4, 0.5) is 5.69 Å². The lowest BCUT2D eigenvalue weighted by Crippen LogP contribution is -2.30. The Labute approximate surface area is 190 Å². The highest BCUT2D eigenvalue weighted by atomic mass is 35.5. The lowest BCUT2D eigenvalue weighted by Gasteiger charge is -2.20. The number of hydrogen-bond acceptors (Lipinski definition) is 4. The van der Waals surface area contributed by atoms with E-state index in [-0.39, 0.29) is 22.0 Å². The second kappa shape index (κ2) is 7.96. The van der Waals surface area contributed by atoms with Gasteiger partial charge in [-0.25, -0.2) is 13.4 Å². The molecule has 9 heteroatoms. The highest BCUT2D eigenvalue weighted by Crippen LogP contribution is 2.35. The van der Waals surface area contributed by atoms with Crippen molar-refractivity contribution in [1.82, 2.24) is 14.7 Å². The highest BCUT2D eigenvalue weighted by molar-refractivity contribution is 7.93. The minimum absolute atomic E-state index is 0.0753. The van der Waals surface area contributed by atoms with Gasteiger partial charge in [-0.1, -0.05) is 35.9 Å². The molecular formula is C23H19ClN4O3S. The van der Waals surface area contributed by atoms with Gasteiger partial charge in [0.1, 0.15) is 10.5 Å². The van der Waals surface area contributed by atoms with E-state index in [4.69, 9.17) is 11.6 Å². The van der Waals surface area contributed by atoms with Gasteiger partial charge in [0.25, 0.3) is 15.9 Å². The van der Waals surface area contributed by atoms with Crippen molar-refractivity contribution >= 4 is 38.9 Å². The molecule has 0 atom stereocenters. The summed E-state index contributed by atoms with van der Waals surface area (Å²) in [6, 6.07) is 17.3. The smallest absolute Gasteiger partial charge is 0.265 e. The van der Waals surface area contributed by atoms with Crippen molar-refractivity contribution in [2.75, 3.05) is 10.8 Å². The Morgan fingerprint density at radius 2 is 1.91 bits per heavy atom. The lowest BCUT2D eigenvalue weighted by atomic mass is 10.2. The summed E-state index contributed by atoms with van der Waals surface area (Å²) in [6.07, 6.45) is 4.34. The number of rotatable bonds is 5. The fraction of sp³-hybridized carbons (Fsp3) is 0.130. The van der Waals surface area contributed by atoms with E-state index in [9.17, 15) is 13.2 Å². The number of halogens is 1. The van der Waals surface area contributed by atoms with E-state index in [1.54, 1.807) is 12.1 Å². The Morgan fingerprint density at radius 1 is 1.09 bits per heavy atom. The molecule has 4 aromatic rings. The van der Waals surface area contributed by atoms with Gasteiger partial charge in [0.05, 0.1) is 22.9 Å². The molecule has 1 N–H and O–H groups in total. The van der Waals surface area contributed by atoms with Crippen molar-refractivity contribution < 1.29 is 13.2 Å². The first-order valence-corrected chi connectivity index (χ1v) is 11.9. The van der Waals surface area contributed by atoms with Crippen molar-refractivity contribution in [3.8, 4) is 0 Å². The summed E-state index contributed by atoms with van der Waals surface area (Å²) in [7, 11) is -3.92. The third-order valence-electron chi connectivity index (χ3n) is 5.45. The molecule has 1 aliphatic heterocycles. The number of aromatic nitrogens is 2. The predicted molar refractivity (Wildman–Crippen MR) is 122 cm³/mol. The van der Waals surface area contributed by atoms with Crippen LogP contribution in [0.5, 0.6) is 0 Å². The number of benzene rings is 2. The van der Waals surface area contributed by atoms with Gasteiger partial charge in [-0.2, -0.15) is 0 Å². The van der Waals surface area contributed by atoms with E-state index >= 15 is 0 Å². The zero-order chi connectivity index (χ0) is 22.3. The topological polar surface area (TPSA) is 83.8 Å². The molecule has 32 heavy (non-hydrogen) atoms. The number of pyridine rings is 1. The van der Waals surface area contributed by atoms with Crippen LogP contribution in [0, 0.1) is 0 Å². The maximum atomic E-state index is 13.4. The monoisotopic (exact) mass is 466 g/mol. The van der Waals surface area contributed by atoms with Crippen molar-refractivity contribution in [1.29, 1.82) is 0 Å². The molecule has 0 spiro atoms. The molecule has 1 amide bonds. The predicted octanol–water partition coefficient (Wildman–Crippen LogP) is 3.67. The SMILES string of the molecule is O=C(NCc1cn2ccccc2n1)c1ccc(Cl)c(S(=O)(=O)N2CCc3ccccc32)c1. The Kier molecular flexibility index (Phi) is 5.11. The summed E-state index contributed by atoms with van der Waals surface area (Å²) in [6.45, 7) is 0.549. The van der Waals surface area contributed by atoms with Crippen LogP contribution in [0.25, 0.3) is 5.65 Å². The molecule has 7 nitrogen and oxygen atoms in total. The van der Waals surface area contributed by atoms with Gasteiger partial charge in [-0.15, -0.1) is 0 Å². The van der Waals surface area contributed by atoms with E-state index in [0.29, 0.717) is 24.3 Å². The molecule has 0 fully saturated rings. The lowest BCUT2D eigenvalue weighted by molar-refractivity contribution is 0.0950. The van der Waals surface area contributed by atoms with Gasteiger partial charge >= 0.3 is 0 Å². The Bertz CT molecular complexity index is 1420. The number of imidazole rings is 1. The molecule has 0 saturated heterocycles. The van der Waals surface area contributed by atoms with Crippen molar-refractivity contribution in [3.63, 3.8) is 0 Å². The molecule has 2 aromatic carbocycles. The highest BCUT2D eigenvalue weighted by Gasteiger charge is 2.32. The number of sulfonamides is 1. The number of nitrogens with zero attached hydrogens (tertiary/aromatic N) is 3. The van der Waals surface area contributed by atoms with Crippen LogP contribution in [-0.2, 0) is 23.0 Å². The average molecular weight is 467 g/mol. The summed E-state index contributed by atoms with van der Waals surface area (Å²) in [5.74, 6) is -0.406. The molecule has 3 heterocycles. The Balaban J connectivity index is 1.39. The molecule has 5 rings (SSSR count). The van der Waals surface area contributed by atoms with Crippen LogP contribution >= 0.6 is 11.6 Å². The number of hydrogen-bond donors (Lipinski definition) is 1. The number of para-hydroxylation sites is 1. The number of amides is 1. The van der Waals surface area contributed by atoms with Crippen LogP contribution in [-0.4, -0.2) is 30.3 Å². The van der Waals surface area contributed by atoms with Crippen molar-refractivity contribution in [3.05, 3.63) is 94.9 Å². The summed E-state index contributed by atoms with van der Waals surface area (Å²) in [5.41, 5.74) is 3.30. The number of anilines is 1. The number of fused-ring (bicyclic) bond motifs is 2. The number of nitrogens with one attached hydrogen (secondary N) is 1. The van der Waals surface area contributed by atoms with E-state index in [0.717, 1.165) is 11.2 Å². The summed E-state index contributed by atoms with van der Waals surface area (Å²) in [5, 5.41) is 2.87. The fourth-order valence-corrected chi connectivity index (χ4v) is 5.87. The van der Waals surface area contributed by atoms with E-state index in [2.05, 4.69) is 10.3 Å². The summed E-state index contributed by atoms with van der Waals surface area (Å²) in [4.78, 5) is 17.1. The largest absolute Gasteiger partial charge is 0.346 e. The summed E-state index contributed by atoms with van der Waals surface area (Å²) < 4.78 is 29.9. The third-order valence-corrected chi connectivity index (χ3v) is 7.74. The van der Waals surface area contributed by atoms with Crippen molar-refractivity contribution in [2.45, 2.75) is 17.9 Å². The number of carbonyl (C=O) groups excluding carboxylic acids is 1. The molecule has 0 saturated carbocycles. The molecular weight excluding hydrogens is 448 g/mol. The molecule has 0 bridgehead atoms. The number of carbonyl (C=O) groups is 1. The van der Waals surface area contributed by atoms with Crippen molar-refractivity contribution in [2.24, 2.45) is 0 Å². The van der Waals surface area contributed by atoms with E-state index in [1.165, 1.54) is 22.5 Å². The van der Waals surface area contributed by atoms with Crippen LogP contribution < -0.4 is 9.62 Å². The maximum Gasteiger partial charge on any atom is 0.265 e. The van der Waals surface area contributed by atoms with Gasteiger partial charge in [0, 0.05) is 24.5 Å². The van der Waals surface area contributed by atoms with Gasteiger partial charge < -0.3 is 9.72 Å². The van der Waals surface area contributed by atoms with E-state index in [1.807, 2.05) is 47.1 Å². The van der Waals surface area contributed by atoms with Gasteiger partial charge in [-0.3, -0.25) is 9.10 Å². The molecule has 0 aliphatic carbocycles. The molecule has 0 radical (unpaired) electrons. The first-order valence-electron chi connectivity index (χ1n) is 10.0. The zero-order valence-corrected chi connectivity index (χ0v) is 18.5. The normalized spacial score (nSPS) is 13.3. The third kappa shape index (κ3) is 3.61. The minimum atomic E-state index is -3.92. The van der Waals surface area contributed by atoms with Gasteiger partial charge in [0.2, 0.25) is 0 Å². The van der Waals surface area contributed by atoms with E-state index < -0.39 is 15.9 Å². The van der Waals surface area contributed by atoms with Gasteiger partial charge in [0.15, 0.2) is 0 Å². The summed E-state index contributed by atoms with van der Waals surface area (Å²) >= 11 is 6.26. The maximum absolute atomic E-state index is 13.4. The Morgan fingerprint density at radius 3 is 2.75 bits per heavy atom. The molecule has 162 valence electrons. The first-order chi connectivity index (χ1) is 15.4. The second-order valence-electron chi connectivity index (χ2n) is 7.48. The molecule has 1 aliphatic rings. The van der Waals surface area contributed by atoms with Crippen LogP contribution in [0.2, 0.25) is 5.02 Å². The second-order valence-corrected chi connectivity index (χ2v) is 9.72. The first kappa shape index (κ1) is 20.5. The molecule has 0 unspecified atom stereocenters. The minimum Gasteiger partial charge on any atom is -0.346 e. The zero-order valence-electron chi connectivity index (χ0n) is 16.9. The Hall–Kier alpha value is -3.36. The van der Waals surface area contributed by atoms with Gasteiger partial charge in [-0.05, 0) is 48.4 Å². The van der Waals surface area contributed by atoms with Crippen LogP contribution in [0.15, 0.2) is 78.0 Å². The van der Waals surface area contributed by atoms with Crippen LogP contribution in [0.1, 0.15) is 21.6 Å². The molecule has 2 aromatic heterocycles. The fourth-order valence-electron chi connectivity index (χ4n) is 3.86.